The van der Waals surface area contributed by atoms with E-state index in [0.29, 0.717) is 13.2 Å². The lowest BCUT2D eigenvalue weighted by Gasteiger charge is -2.26. The van der Waals surface area contributed by atoms with Crippen molar-refractivity contribution in [2.75, 3.05) is 26.3 Å². The molecule has 0 amide bonds. The average molecular weight is 385 g/mol. The highest BCUT2D eigenvalue weighted by Gasteiger charge is 2.30. The maximum Gasteiger partial charge on any atom is 0.338 e. The lowest BCUT2D eigenvalue weighted by Crippen LogP contribution is -2.40. The van der Waals surface area contributed by atoms with Gasteiger partial charge in [-0.05, 0) is 28.1 Å². The van der Waals surface area contributed by atoms with Crippen LogP contribution in [-0.2, 0) is 14.8 Å². The van der Waals surface area contributed by atoms with Crippen LogP contribution in [0.5, 0.6) is 0 Å². The molecule has 1 aromatic carbocycles. The Hall–Kier alpha value is -0.670. The highest BCUT2D eigenvalue weighted by Crippen LogP contribution is 2.33. The van der Waals surface area contributed by atoms with Crippen molar-refractivity contribution in [2.45, 2.75) is 4.90 Å². The number of carbonyl (C=O) groups is 1. The van der Waals surface area contributed by atoms with Crippen LogP contribution in [0.2, 0.25) is 5.02 Å². The van der Waals surface area contributed by atoms with Gasteiger partial charge in [-0.25, -0.2) is 13.2 Å². The molecule has 0 bridgehead atoms. The summed E-state index contributed by atoms with van der Waals surface area (Å²) in [6.07, 6.45) is 0. The number of nitrogens with zero attached hydrogens (tertiary/aromatic N) is 1. The van der Waals surface area contributed by atoms with Gasteiger partial charge in [-0.3, -0.25) is 0 Å². The highest BCUT2D eigenvalue weighted by atomic mass is 79.9. The first-order valence-corrected chi connectivity index (χ1v) is 8.26. The van der Waals surface area contributed by atoms with Crippen molar-refractivity contribution < 1.29 is 23.1 Å². The van der Waals surface area contributed by atoms with Gasteiger partial charge >= 0.3 is 5.97 Å². The van der Waals surface area contributed by atoms with Gasteiger partial charge in [0, 0.05) is 13.1 Å². The Balaban J connectivity index is 2.52. The Labute approximate surface area is 129 Å². The molecule has 0 aliphatic carbocycles. The number of benzene rings is 1. The SMILES string of the molecule is O=C(O)c1c(Cl)ccc(S(=O)(=O)N2CCOCC2)c1Br. The third-order valence-corrected chi connectivity index (χ3v) is 6.20. The minimum Gasteiger partial charge on any atom is -0.478 e. The van der Waals surface area contributed by atoms with E-state index in [1.807, 2.05) is 0 Å². The van der Waals surface area contributed by atoms with Crippen LogP contribution in [-0.4, -0.2) is 50.1 Å². The van der Waals surface area contributed by atoms with E-state index in [2.05, 4.69) is 15.9 Å². The fraction of sp³-hybridized carbons (Fsp3) is 0.364. The Kier molecular flexibility index (Phi) is 4.70. The van der Waals surface area contributed by atoms with Crippen LogP contribution in [0, 0.1) is 0 Å². The summed E-state index contributed by atoms with van der Waals surface area (Å²) in [7, 11) is -3.78. The molecule has 0 unspecified atom stereocenters. The van der Waals surface area contributed by atoms with Gasteiger partial charge in [0.05, 0.1) is 33.2 Å². The number of ether oxygens (including phenoxy) is 1. The predicted octanol–water partition coefficient (Wildman–Crippen LogP) is 1.82. The lowest BCUT2D eigenvalue weighted by atomic mass is 10.2. The van der Waals surface area contributed by atoms with E-state index < -0.39 is 16.0 Å². The molecule has 6 nitrogen and oxygen atoms in total. The van der Waals surface area contributed by atoms with Crippen molar-refractivity contribution >= 4 is 43.5 Å². The van der Waals surface area contributed by atoms with Crippen LogP contribution >= 0.6 is 27.5 Å². The molecule has 0 aromatic heterocycles. The summed E-state index contributed by atoms with van der Waals surface area (Å²) in [6.45, 7) is 1.10. The van der Waals surface area contributed by atoms with Gasteiger partial charge in [-0.1, -0.05) is 11.6 Å². The van der Waals surface area contributed by atoms with Crippen molar-refractivity contribution in [3.8, 4) is 0 Å². The summed E-state index contributed by atoms with van der Waals surface area (Å²) in [5.74, 6) is -1.29. The number of rotatable bonds is 3. The smallest absolute Gasteiger partial charge is 0.338 e. The quantitative estimate of drug-likeness (QED) is 0.859. The molecule has 1 aromatic rings. The third kappa shape index (κ3) is 2.84. The van der Waals surface area contributed by atoms with Crippen LogP contribution in [0.3, 0.4) is 0 Å². The first-order valence-electron chi connectivity index (χ1n) is 5.65. The number of sulfonamides is 1. The van der Waals surface area contributed by atoms with E-state index in [0.717, 1.165) is 0 Å². The van der Waals surface area contributed by atoms with Crippen molar-refractivity contribution in [3.05, 3.63) is 27.2 Å². The maximum absolute atomic E-state index is 12.5. The number of carboxylic acids is 1. The van der Waals surface area contributed by atoms with Gasteiger partial charge in [0.25, 0.3) is 0 Å². The average Bonchev–Trinajstić information content (AvgIpc) is 2.39. The first kappa shape index (κ1) is 15.7. The zero-order valence-electron chi connectivity index (χ0n) is 10.2. The van der Waals surface area contributed by atoms with Gasteiger partial charge in [0.1, 0.15) is 0 Å². The normalized spacial score (nSPS) is 17.1. The van der Waals surface area contributed by atoms with E-state index >= 15 is 0 Å². The van der Waals surface area contributed by atoms with Crippen LogP contribution < -0.4 is 0 Å². The lowest BCUT2D eigenvalue weighted by molar-refractivity contribution is 0.0695. The molecule has 1 aliphatic rings. The topological polar surface area (TPSA) is 83.9 Å². The molecule has 0 radical (unpaired) electrons. The Morgan fingerprint density at radius 2 is 1.95 bits per heavy atom. The number of hydrogen-bond acceptors (Lipinski definition) is 4. The van der Waals surface area contributed by atoms with Gasteiger partial charge in [-0.2, -0.15) is 4.31 Å². The van der Waals surface area contributed by atoms with E-state index in [1.54, 1.807) is 0 Å². The largest absolute Gasteiger partial charge is 0.478 e. The van der Waals surface area contributed by atoms with E-state index in [-0.39, 0.29) is 33.0 Å². The van der Waals surface area contributed by atoms with Gasteiger partial charge in [0.15, 0.2) is 0 Å². The van der Waals surface area contributed by atoms with E-state index in [1.165, 1.54) is 16.4 Å². The van der Waals surface area contributed by atoms with Crippen molar-refractivity contribution in [2.24, 2.45) is 0 Å². The summed E-state index contributed by atoms with van der Waals surface area (Å²) in [5.41, 5.74) is -0.263. The van der Waals surface area contributed by atoms with Gasteiger partial charge in [0.2, 0.25) is 10.0 Å². The molecular weight excluding hydrogens is 374 g/mol. The second-order valence-corrected chi connectivity index (χ2v) is 7.16. The van der Waals surface area contributed by atoms with Crippen LogP contribution in [0.15, 0.2) is 21.5 Å². The number of morpholine rings is 1. The Bertz CT molecular complexity index is 642. The highest BCUT2D eigenvalue weighted by molar-refractivity contribution is 9.10. The zero-order chi connectivity index (χ0) is 14.9. The molecule has 2 rings (SSSR count). The number of halogens is 2. The monoisotopic (exact) mass is 383 g/mol. The maximum atomic E-state index is 12.5. The Morgan fingerprint density at radius 1 is 1.35 bits per heavy atom. The van der Waals surface area contributed by atoms with Crippen LogP contribution in [0.4, 0.5) is 0 Å². The molecular formula is C11H11BrClNO5S. The fourth-order valence-electron chi connectivity index (χ4n) is 1.85. The van der Waals surface area contributed by atoms with Crippen LogP contribution in [0.1, 0.15) is 10.4 Å². The van der Waals surface area contributed by atoms with Crippen molar-refractivity contribution in [1.82, 2.24) is 4.31 Å². The van der Waals surface area contributed by atoms with Crippen molar-refractivity contribution in [3.63, 3.8) is 0 Å². The molecule has 0 atom stereocenters. The second kappa shape index (κ2) is 5.98. The first-order chi connectivity index (χ1) is 9.35. The zero-order valence-corrected chi connectivity index (χ0v) is 13.3. The molecule has 20 heavy (non-hydrogen) atoms. The minimum atomic E-state index is -3.78. The molecule has 1 aliphatic heterocycles. The van der Waals surface area contributed by atoms with Crippen molar-refractivity contribution in [1.29, 1.82) is 0 Å². The summed E-state index contributed by atoms with van der Waals surface area (Å²) in [4.78, 5) is 11.0. The van der Waals surface area contributed by atoms with Gasteiger partial charge < -0.3 is 9.84 Å². The van der Waals surface area contributed by atoms with E-state index in [4.69, 9.17) is 21.4 Å². The van der Waals surface area contributed by atoms with Crippen LogP contribution in [0.25, 0.3) is 0 Å². The van der Waals surface area contributed by atoms with Gasteiger partial charge in [-0.15, -0.1) is 0 Å². The molecule has 1 fully saturated rings. The standard InChI is InChI=1S/C11H11BrClNO5S/c12-10-8(2-1-7(13)9(10)11(15)16)20(17,18)14-3-5-19-6-4-14/h1-2H,3-6H2,(H,15,16). The summed E-state index contributed by atoms with van der Waals surface area (Å²) in [6, 6.07) is 2.56. The summed E-state index contributed by atoms with van der Waals surface area (Å²) >= 11 is 8.83. The minimum absolute atomic E-state index is 0.0229. The Morgan fingerprint density at radius 3 is 2.50 bits per heavy atom. The molecule has 9 heteroatoms. The molecule has 1 saturated heterocycles. The number of aromatic carboxylic acids is 1. The molecule has 1 heterocycles. The molecule has 110 valence electrons. The predicted molar refractivity (Wildman–Crippen MR) is 75.7 cm³/mol. The third-order valence-electron chi connectivity index (χ3n) is 2.86. The molecule has 0 saturated carbocycles. The number of carboxylic acid groups (broad SMARTS) is 1. The molecule has 0 spiro atoms. The fourth-order valence-corrected chi connectivity index (χ4v) is 4.81. The summed E-state index contributed by atoms with van der Waals surface area (Å²) < 4.78 is 31.3. The van der Waals surface area contributed by atoms with E-state index in [9.17, 15) is 13.2 Å². The number of hydrogen-bond donors (Lipinski definition) is 1. The summed E-state index contributed by atoms with van der Waals surface area (Å²) in [5, 5.41) is 9.08. The molecule has 1 N–H and O–H groups in total. The second-order valence-electron chi connectivity index (χ2n) is 4.06.